The van der Waals surface area contributed by atoms with E-state index >= 15 is 0 Å². The molecule has 0 radical (unpaired) electrons. The van der Waals surface area contributed by atoms with Crippen molar-refractivity contribution in [3.8, 4) is 0 Å². The van der Waals surface area contributed by atoms with Crippen molar-refractivity contribution in [2.45, 2.75) is 39.7 Å². The Balaban J connectivity index is 2.27. The normalized spacial score (nSPS) is 26.9. The molecule has 1 aliphatic rings. The first-order valence-electron chi connectivity index (χ1n) is 5.54. The van der Waals surface area contributed by atoms with E-state index in [1.54, 1.807) is 0 Å². The highest BCUT2D eigenvalue weighted by Crippen LogP contribution is 2.22. The molecule has 0 aromatic rings. The number of carbonyl (C=O) groups is 1. The Bertz CT molecular complexity index is 192. The van der Waals surface area contributed by atoms with Crippen LogP contribution >= 0.6 is 0 Å². The molecule has 0 aromatic heterocycles. The summed E-state index contributed by atoms with van der Waals surface area (Å²) in [7, 11) is 0. The molecule has 3 nitrogen and oxygen atoms in total. The van der Waals surface area contributed by atoms with Crippen LogP contribution in [0, 0.1) is 11.8 Å². The van der Waals surface area contributed by atoms with Gasteiger partial charge in [0.15, 0.2) is 0 Å². The first-order chi connectivity index (χ1) is 6.65. The van der Waals surface area contributed by atoms with Gasteiger partial charge in [-0.2, -0.15) is 0 Å². The number of nitrogens with one attached hydrogen (secondary N) is 1. The molecular weight excluding hydrogens is 178 g/mol. The van der Waals surface area contributed by atoms with Gasteiger partial charge in [-0.25, -0.2) is 0 Å². The first-order valence-corrected chi connectivity index (χ1v) is 5.54. The molecule has 82 valence electrons. The van der Waals surface area contributed by atoms with Gasteiger partial charge in [0, 0.05) is 25.0 Å². The molecule has 0 bridgehead atoms. The average molecular weight is 199 g/mol. The van der Waals surface area contributed by atoms with Gasteiger partial charge in [0.05, 0.1) is 6.10 Å². The Morgan fingerprint density at radius 3 is 2.86 bits per heavy atom. The van der Waals surface area contributed by atoms with Gasteiger partial charge in [-0.3, -0.25) is 4.79 Å². The molecule has 1 amide bonds. The fraction of sp³-hybridized carbons (Fsp3) is 0.909. The lowest BCUT2D eigenvalue weighted by Gasteiger charge is -2.17. The number of hydrogen-bond acceptors (Lipinski definition) is 2. The Labute approximate surface area is 86.2 Å². The fourth-order valence-corrected chi connectivity index (χ4v) is 1.81. The predicted octanol–water partition coefficient (Wildman–Crippen LogP) is 1.57. The average Bonchev–Trinajstić information content (AvgIpc) is 2.60. The van der Waals surface area contributed by atoms with Crippen LogP contribution in [0.5, 0.6) is 0 Å². The van der Waals surface area contributed by atoms with Crippen LogP contribution in [-0.4, -0.2) is 25.2 Å². The second-order valence-corrected chi connectivity index (χ2v) is 4.27. The molecule has 2 atom stereocenters. The summed E-state index contributed by atoms with van der Waals surface area (Å²) >= 11 is 0. The van der Waals surface area contributed by atoms with Gasteiger partial charge in [0.2, 0.25) is 5.91 Å². The van der Waals surface area contributed by atoms with Gasteiger partial charge < -0.3 is 10.1 Å². The standard InChI is InChI=1S/C11H21NO2/c1-4-10-9(5-6-14-10)7-12-11(13)8(2)3/h8-10H,4-7H2,1-3H3,(H,12,13). The Morgan fingerprint density at radius 2 is 2.29 bits per heavy atom. The monoisotopic (exact) mass is 199 g/mol. The molecule has 0 saturated carbocycles. The zero-order chi connectivity index (χ0) is 10.6. The zero-order valence-corrected chi connectivity index (χ0v) is 9.38. The minimum atomic E-state index is 0.0809. The molecule has 1 fully saturated rings. The summed E-state index contributed by atoms with van der Waals surface area (Å²) in [6.45, 7) is 7.58. The number of rotatable bonds is 4. The Hall–Kier alpha value is -0.570. The summed E-state index contributed by atoms with van der Waals surface area (Å²) < 4.78 is 5.56. The van der Waals surface area contributed by atoms with Crippen molar-refractivity contribution >= 4 is 5.91 Å². The zero-order valence-electron chi connectivity index (χ0n) is 9.38. The number of amides is 1. The van der Waals surface area contributed by atoms with Crippen molar-refractivity contribution in [3.63, 3.8) is 0 Å². The van der Waals surface area contributed by atoms with Gasteiger partial charge in [-0.15, -0.1) is 0 Å². The van der Waals surface area contributed by atoms with Gasteiger partial charge in [-0.1, -0.05) is 20.8 Å². The van der Waals surface area contributed by atoms with E-state index < -0.39 is 0 Å². The van der Waals surface area contributed by atoms with E-state index in [1.807, 2.05) is 13.8 Å². The van der Waals surface area contributed by atoms with Crippen LogP contribution < -0.4 is 5.32 Å². The van der Waals surface area contributed by atoms with E-state index in [1.165, 1.54) is 0 Å². The van der Waals surface area contributed by atoms with Crippen molar-refractivity contribution in [3.05, 3.63) is 0 Å². The van der Waals surface area contributed by atoms with Crippen LogP contribution in [0.15, 0.2) is 0 Å². The van der Waals surface area contributed by atoms with E-state index in [9.17, 15) is 4.79 Å². The molecule has 0 spiro atoms. The molecule has 0 aliphatic carbocycles. The van der Waals surface area contributed by atoms with Crippen molar-refractivity contribution in [1.29, 1.82) is 0 Å². The summed E-state index contributed by atoms with van der Waals surface area (Å²) in [5.74, 6) is 0.742. The minimum Gasteiger partial charge on any atom is -0.378 e. The maximum atomic E-state index is 11.3. The second kappa shape index (κ2) is 5.35. The molecule has 1 heterocycles. The van der Waals surface area contributed by atoms with Crippen molar-refractivity contribution in [1.82, 2.24) is 5.32 Å². The summed E-state index contributed by atoms with van der Waals surface area (Å²) in [5.41, 5.74) is 0. The van der Waals surface area contributed by atoms with Crippen LogP contribution in [0.4, 0.5) is 0 Å². The highest BCUT2D eigenvalue weighted by molar-refractivity contribution is 5.77. The molecule has 3 heteroatoms. The molecule has 1 N–H and O–H groups in total. The van der Waals surface area contributed by atoms with E-state index in [4.69, 9.17) is 4.74 Å². The number of carbonyl (C=O) groups excluding carboxylic acids is 1. The van der Waals surface area contributed by atoms with Gasteiger partial charge in [-0.05, 0) is 12.8 Å². The molecule has 14 heavy (non-hydrogen) atoms. The lowest BCUT2D eigenvalue weighted by atomic mass is 9.99. The van der Waals surface area contributed by atoms with Gasteiger partial charge >= 0.3 is 0 Å². The summed E-state index contributed by atoms with van der Waals surface area (Å²) in [4.78, 5) is 11.3. The van der Waals surface area contributed by atoms with Crippen LogP contribution in [0.1, 0.15) is 33.6 Å². The largest absolute Gasteiger partial charge is 0.378 e. The maximum Gasteiger partial charge on any atom is 0.222 e. The van der Waals surface area contributed by atoms with Crippen molar-refractivity contribution < 1.29 is 9.53 Å². The van der Waals surface area contributed by atoms with Crippen LogP contribution in [0.3, 0.4) is 0 Å². The van der Waals surface area contributed by atoms with E-state index in [0.717, 1.165) is 26.0 Å². The highest BCUT2D eigenvalue weighted by atomic mass is 16.5. The smallest absolute Gasteiger partial charge is 0.222 e. The van der Waals surface area contributed by atoms with E-state index in [2.05, 4.69) is 12.2 Å². The van der Waals surface area contributed by atoms with Crippen LogP contribution in [0.2, 0.25) is 0 Å². The molecule has 0 aromatic carbocycles. The second-order valence-electron chi connectivity index (χ2n) is 4.27. The summed E-state index contributed by atoms with van der Waals surface area (Å²) in [6, 6.07) is 0. The SMILES string of the molecule is CCC1OCCC1CNC(=O)C(C)C. The molecule has 1 rings (SSSR count). The highest BCUT2D eigenvalue weighted by Gasteiger charge is 2.26. The van der Waals surface area contributed by atoms with E-state index in [0.29, 0.717) is 12.0 Å². The lowest BCUT2D eigenvalue weighted by molar-refractivity contribution is -0.124. The molecule has 1 aliphatic heterocycles. The first kappa shape index (κ1) is 11.5. The molecular formula is C11H21NO2. The predicted molar refractivity (Wildman–Crippen MR) is 56.0 cm³/mol. The Morgan fingerprint density at radius 1 is 1.57 bits per heavy atom. The quantitative estimate of drug-likeness (QED) is 0.746. The van der Waals surface area contributed by atoms with E-state index in [-0.39, 0.29) is 11.8 Å². The summed E-state index contributed by atoms with van der Waals surface area (Å²) in [5, 5.41) is 2.97. The topological polar surface area (TPSA) is 38.3 Å². The summed E-state index contributed by atoms with van der Waals surface area (Å²) in [6.07, 6.45) is 2.47. The molecule has 1 saturated heterocycles. The fourth-order valence-electron chi connectivity index (χ4n) is 1.81. The minimum absolute atomic E-state index is 0.0809. The van der Waals surface area contributed by atoms with Crippen molar-refractivity contribution in [2.24, 2.45) is 11.8 Å². The molecule has 2 unspecified atom stereocenters. The third-order valence-electron chi connectivity index (χ3n) is 2.81. The number of hydrogen-bond donors (Lipinski definition) is 1. The van der Waals surface area contributed by atoms with Crippen molar-refractivity contribution in [2.75, 3.05) is 13.2 Å². The van der Waals surface area contributed by atoms with Gasteiger partial charge in [0.25, 0.3) is 0 Å². The number of ether oxygens (including phenoxy) is 1. The van der Waals surface area contributed by atoms with Crippen LogP contribution in [-0.2, 0) is 9.53 Å². The third kappa shape index (κ3) is 2.98. The lowest BCUT2D eigenvalue weighted by Crippen LogP contribution is -2.35. The Kier molecular flexibility index (Phi) is 4.39. The van der Waals surface area contributed by atoms with Gasteiger partial charge in [0.1, 0.15) is 0 Å². The third-order valence-corrected chi connectivity index (χ3v) is 2.81. The van der Waals surface area contributed by atoms with Crippen LogP contribution in [0.25, 0.3) is 0 Å². The maximum absolute atomic E-state index is 11.3.